The second kappa shape index (κ2) is 5.20. The molecule has 0 spiro atoms. The monoisotopic (exact) mass is 279 g/mol. The van der Waals surface area contributed by atoms with Gasteiger partial charge >= 0.3 is 5.97 Å². The van der Waals surface area contributed by atoms with Crippen molar-refractivity contribution in [2.24, 2.45) is 0 Å². The standard InChI is InChI=1S/C12H17N5O3/c18-11(9-3-1-2-4-13-9)16-5-8(6-16)17-7-10(12(19)20)14-15-17/h7-9,13H,1-6H2,(H,19,20)/t9-/m0/s1. The summed E-state index contributed by atoms with van der Waals surface area (Å²) in [6.45, 7) is 2.04. The maximum absolute atomic E-state index is 12.2. The van der Waals surface area contributed by atoms with Gasteiger partial charge in [0.25, 0.3) is 0 Å². The number of carboxylic acid groups (broad SMARTS) is 1. The van der Waals surface area contributed by atoms with Crippen molar-refractivity contribution in [2.75, 3.05) is 19.6 Å². The number of nitrogens with one attached hydrogen (secondary N) is 1. The molecule has 2 aliphatic heterocycles. The molecule has 20 heavy (non-hydrogen) atoms. The molecule has 8 nitrogen and oxygen atoms in total. The highest BCUT2D eigenvalue weighted by Crippen LogP contribution is 2.22. The van der Waals surface area contributed by atoms with Gasteiger partial charge in [-0.25, -0.2) is 9.48 Å². The first-order valence-electron chi connectivity index (χ1n) is 6.82. The molecule has 1 aromatic rings. The van der Waals surface area contributed by atoms with Crippen molar-refractivity contribution in [3.8, 4) is 0 Å². The summed E-state index contributed by atoms with van der Waals surface area (Å²) in [6, 6.07) is -0.0295. The fraction of sp³-hybridized carbons (Fsp3) is 0.667. The summed E-state index contributed by atoms with van der Waals surface area (Å²) in [5, 5.41) is 19.4. The second-order valence-corrected chi connectivity index (χ2v) is 5.29. The van der Waals surface area contributed by atoms with E-state index in [-0.39, 0.29) is 23.7 Å². The second-order valence-electron chi connectivity index (χ2n) is 5.29. The number of hydrogen-bond donors (Lipinski definition) is 2. The van der Waals surface area contributed by atoms with E-state index in [9.17, 15) is 9.59 Å². The van der Waals surface area contributed by atoms with Gasteiger partial charge in [-0.05, 0) is 19.4 Å². The lowest BCUT2D eigenvalue weighted by atomic mass is 10.0. The predicted molar refractivity (Wildman–Crippen MR) is 68.2 cm³/mol. The lowest BCUT2D eigenvalue weighted by molar-refractivity contribution is -0.140. The van der Waals surface area contributed by atoms with Gasteiger partial charge in [-0.3, -0.25) is 4.79 Å². The highest BCUT2D eigenvalue weighted by atomic mass is 16.4. The minimum Gasteiger partial charge on any atom is -0.476 e. The maximum Gasteiger partial charge on any atom is 0.358 e. The van der Waals surface area contributed by atoms with E-state index in [1.807, 2.05) is 0 Å². The van der Waals surface area contributed by atoms with Crippen LogP contribution in [0.1, 0.15) is 35.8 Å². The van der Waals surface area contributed by atoms with Gasteiger partial charge in [0, 0.05) is 13.1 Å². The Balaban J connectivity index is 1.55. The molecule has 3 rings (SSSR count). The van der Waals surface area contributed by atoms with Gasteiger partial charge in [-0.15, -0.1) is 5.10 Å². The lowest BCUT2D eigenvalue weighted by Crippen LogP contribution is -2.57. The quantitative estimate of drug-likeness (QED) is 0.774. The van der Waals surface area contributed by atoms with Gasteiger partial charge in [-0.2, -0.15) is 0 Å². The molecule has 2 N–H and O–H groups in total. The molecule has 0 radical (unpaired) electrons. The molecule has 0 unspecified atom stereocenters. The molecule has 0 aromatic carbocycles. The highest BCUT2D eigenvalue weighted by molar-refractivity contribution is 5.84. The molecule has 3 heterocycles. The molecular weight excluding hydrogens is 262 g/mol. The molecule has 0 bridgehead atoms. The van der Waals surface area contributed by atoms with Crippen LogP contribution in [-0.2, 0) is 4.79 Å². The van der Waals surface area contributed by atoms with Crippen molar-refractivity contribution in [1.29, 1.82) is 0 Å². The van der Waals surface area contributed by atoms with E-state index < -0.39 is 5.97 Å². The molecule has 1 amide bonds. The smallest absolute Gasteiger partial charge is 0.358 e. The van der Waals surface area contributed by atoms with Crippen LogP contribution in [-0.4, -0.2) is 62.6 Å². The van der Waals surface area contributed by atoms with E-state index in [0.29, 0.717) is 13.1 Å². The van der Waals surface area contributed by atoms with E-state index in [1.165, 1.54) is 10.9 Å². The van der Waals surface area contributed by atoms with Crippen LogP contribution in [0.4, 0.5) is 0 Å². The topological polar surface area (TPSA) is 100 Å². The van der Waals surface area contributed by atoms with E-state index in [0.717, 1.165) is 25.8 Å². The van der Waals surface area contributed by atoms with Gasteiger partial charge < -0.3 is 15.3 Å². The summed E-state index contributed by atoms with van der Waals surface area (Å²) in [5.41, 5.74) is -0.0660. The first-order valence-corrected chi connectivity index (χ1v) is 6.82. The Morgan fingerprint density at radius 1 is 1.35 bits per heavy atom. The average Bonchev–Trinajstić information content (AvgIpc) is 2.87. The molecule has 8 heteroatoms. The number of carbonyl (C=O) groups is 2. The molecule has 0 saturated carbocycles. The van der Waals surface area contributed by atoms with Gasteiger partial charge in [-0.1, -0.05) is 11.6 Å². The van der Waals surface area contributed by atoms with E-state index in [2.05, 4.69) is 15.6 Å². The van der Waals surface area contributed by atoms with Gasteiger partial charge in [0.1, 0.15) is 0 Å². The molecule has 2 aliphatic rings. The van der Waals surface area contributed by atoms with Crippen LogP contribution in [0.2, 0.25) is 0 Å². The van der Waals surface area contributed by atoms with Crippen molar-refractivity contribution >= 4 is 11.9 Å². The minimum absolute atomic E-state index is 0.0307. The van der Waals surface area contributed by atoms with Crippen molar-refractivity contribution in [1.82, 2.24) is 25.2 Å². The van der Waals surface area contributed by atoms with E-state index in [1.54, 1.807) is 4.90 Å². The van der Waals surface area contributed by atoms with Crippen LogP contribution in [0.3, 0.4) is 0 Å². The summed E-state index contributed by atoms with van der Waals surface area (Å²) in [4.78, 5) is 24.7. The summed E-state index contributed by atoms with van der Waals surface area (Å²) in [5.74, 6) is -0.950. The molecule has 2 fully saturated rings. The molecule has 1 atom stereocenters. The summed E-state index contributed by atoms with van der Waals surface area (Å²) in [6.07, 6.45) is 4.52. The zero-order valence-electron chi connectivity index (χ0n) is 11.0. The van der Waals surface area contributed by atoms with Gasteiger partial charge in [0.2, 0.25) is 5.91 Å². The number of likely N-dealkylation sites (tertiary alicyclic amines) is 1. The van der Waals surface area contributed by atoms with Crippen LogP contribution < -0.4 is 5.32 Å². The highest BCUT2D eigenvalue weighted by Gasteiger charge is 2.36. The Labute approximate surface area is 115 Å². The lowest BCUT2D eigenvalue weighted by Gasteiger charge is -2.41. The maximum atomic E-state index is 12.2. The fourth-order valence-electron chi connectivity index (χ4n) is 2.64. The average molecular weight is 279 g/mol. The van der Waals surface area contributed by atoms with Crippen molar-refractivity contribution in [3.05, 3.63) is 11.9 Å². The normalized spacial score (nSPS) is 23.4. The first-order chi connectivity index (χ1) is 9.65. The van der Waals surface area contributed by atoms with Crippen LogP contribution in [0.25, 0.3) is 0 Å². The number of aromatic nitrogens is 3. The molecular formula is C12H17N5O3. The Morgan fingerprint density at radius 2 is 2.15 bits per heavy atom. The Morgan fingerprint density at radius 3 is 2.75 bits per heavy atom. The van der Waals surface area contributed by atoms with E-state index >= 15 is 0 Å². The number of piperidine rings is 1. The Kier molecular flexibility index (Phi) is 3.39. The number of amides is 1. The number of rotatable bonds is 3. The summed E-state index contributed by atoms with van der Waals surface area (Å²) < 4.78 is 1.53. The molecule has 1 aromatic heterocycles. The van der Waals surface area contributed by atoms with Crippen LogP contribution in [0.15, 0.2) is 6.20 Å². The predicted octanol–water partition coefficient (Wildman–Crippen LogP) is -0.498. The zero-order valence-corrected chi connectivity index (χ0v) is 11.0. The third kappa shape index (κ3) is 2.38. The van der Waals surface area contributed by atoms with Crippen molar-refractivity contribution in [3.63, 3.8) is 0 Å². The number of nitrogens with zero attached hydrogens (tertiary/aromatic N) is 4. The molecule has 0 aliphatic carbocycles. The number of aromatic carboxylic acids is 1. The third-order valence-electron chi connectivity index (χ3n) is 3.89. The van der Waals surface area contributed by atoms with Crippen molar-refractivity contribution < 1.29 is 14.7 Å². The first kappa shape index (κ1) is 13.0. The van der Waals surface area contributed by atoms with Crippen molar-refractivity contribution in [2.45, 2.75) is 31.3 Å². The minimum atomic E-state index is -1.09. The SMILES string of the molecule is O=C(O)c1cn(C2CN(C(=O)[C@@H]3CCCCN3)C2)nn1. The summed E-state index contributed by atoms with van der Waals surface area (Å²) >= 11 is 0. The molecule has 2 saturated heterocycles. The Hall–Kier alpha value is -1.96. The fourth-order valence-corrected chi connectivity index (χ4v) is 2.64. The van der Waals surface area contributed by atoms with Gasteiger partial charge in [0.05, 0.1) is 18.3 Å². The summed E-state index contributed by atoms with van der Waals surface area (Å²) in [7, 11) is 0. The van der Waals surface area contributed by atoms with Crippen LogP contribution in [0.5, 0.6) is 0 Å². The zero-order chi connectivity index (χ0) is 14.1. The Bertz CT molecular complexity index is 517. The number of carbonyl (C=O) groups excluding carboxylic acids is 1. The van der Waals surface area contributed by atoms with Gasteiger partial charge in [0.15, 0.2) is 5.69 Å². The number of hydrogen-bond acceptors (Lipinski definition) is 5. The van der Waals surface area contributed by atoms with Crippen LogP contribution in [0, 0.1) is 0 Å². The molecule has 108 valence electrons. The third-order valence-corrected chi connectivity index (χ3v) is 3.89. The number of carboxylic acids is 1. The van der Waals surface area contributed by atoms with Crippen LogP contribution >= 0.6 is 0 Å². The van der Waals surface area contributed by atoms with E-state index in [4.69, 9.17) is 5.11 Å². The largest absolute Gasteiger partial charge is 0.476 e.